The van der Waals surface area contributed by atoms with Gasteiger partial charge in [0, 0.05) is 38.1 Å². The smallest absolute Gasteiger partial charge is 0.272 e. The van der Waals surface area contributed by atoms with E-state index in [1.165, 1.54) is 0 Å². The molecule has 3 rings (SSSR count). The van der Waals surface area contributed by atoms with Crippen molar-refractivity contribution in [1.82, 2.24) is 20.1 Å². The van der Waals surface area contributed by atoms with Crippen molar-refractivity contribution in [2.45, 2.75) is 6.92 Å². The Labute approximate surface area is 141 Å². The number of para-hydroxylation sites is 1. The molecule has 126 valence electrons. The Morgan fingerprint density at radius 1 is 1.08 bits per heavy atom. The predicted octanol–water partition coefficient (Wildman–Crippen LogP) is 1.13. The minimum Gasteiger partial charge on any atom is -0.355 e. The zero-order valence-electron chi connectivity index (χ0n) is 13.9. The van der Waals surface area contributed by atoms with Gasteiger partial charge >= 0.3 is 0 Å². The average Bonchev–Trinajstić information content (AvgIpc) is 2.61. The van der Waals surface area contributed by atoms with Gasteiger partial charge in [-0.15, -0.1) is 0 Å². The fourth-order valence-electron chi connectivity index (χ4n) is 2.91. The van der Waals surface area contributed by atoms with Crippen LogP contribution >= 0.6 is 0 Å². The Bertz CT molecular complexity index is 739. The van der Waals surface area contributed by atoms with Crippen LogP contribution in [-0.4, -0.2) is 65.9 Å². The van der Waals surface area contributed by atoms with Crippen LogP contribution in [0.1, 0.15) is 17.4 Å². The van der Waals surface area contributed by atoms with Crippen molar-refractivity contribution in [3.05, 3.63) is 42.1 Å². The summed E-state index contributed by atoms with van der Waals surface area (Å²) < 4.78 is 0. The van der Waals surface area contributed by atoms with Gasteiger partial charge in [0.25, 0.3) is 5.91 Å². The molecular formula is C18H22N4O2. The van der Waals surface area contributed by atoms with Gasteiger partial charge in [-0.3, -0.25) is 14.5 Å². The summed E-state index contributed by atoms with van der Waals surface area (Å²) in [6, 6.07) is 11.5. The van der Waals surface area contributed by atoms with Gasteiger partial charge in [0.15, 0.2) is 0 Å². The maximum atomic E-state index is 12.6. The molecule has 2 heterocycles. The number of carbonyl (C=O) groups is 2. The van der Waals surface area contributed by atoms with E-state index in [0.717, 1.165) is 10.9 Å². The normalized spacial score (nSPS) is 15.5. The van der Waals surface area contributed by atoms with Gasteiger partial charge in [-0.25, -0.2) is 4.98 Å². The van der Waals surface area contributed by atoms with Gasteiger partial charge in [0.2, 0.25) is 5.91 Å². The molecule has 6 heteroatoms. The van der Waals surface area contributed by atoms with Crippen LogP contribution in [0, 0.1) is 0 Å². The highest BCUT2D eigenvalue weighted by atomic mass is 16.2. The van der Waals surface area contributed by atoms with E-state index in [2.05, 4.69) is 15.2 Å². The summed E-state index contributed by atoms with van der Waals surface area (Å²) in [5.41, 5.74) is 1.31. The van der Waals surface area contributed by atoms with Gasteiger partial charge in [0.05, 0.1) is 12.1 Å². The molecule has 0 saturated carbocycles. The van der Waals surface area contributed by atoms with Crippen LogP contribution in [0.25, 0.3) is 10.9 Å². The number of benzene rings is 1. The number of pyridine rings is 1. The van der Waals surface area contributed by atoms with Crippen molar-refractivity contribution in [3.63, 3.8) is 0 Å². The molecule has 1 aromatic heterocycles. The lowest BCUT2D eigenvalue weighted by molar-refractivity contribution is -0.122. The van der Waals surface area contributed by atoms with Gasteiger partial charge in [-0.1, -0.05) is 24.3 Å². The summed E-state index contributed by atoms with van der Waals surface area (Å²) in [6.45, 7) is 5.59. The molecule has 1 aliphatic rings. The van der Waals surface area contributed by atoms with E-state index >= 15 is 0 Å². The molecule has 0 unspecified atom stereocenters. The predicted molar refractivity (Wildman–Crippen MR) is 92.8 cm³/mol. The minimum absolute atomic E-state index is 0.0356. The van der Waals surface area contributed by atoms with Gasteiger partial charge < -0.3 is 10.2 Å². The van der Waals surface area contributed by atoms with E-state index < -0.39 is 0 Å². The van der Waals surface area contributed by atoms with E-state index in [9.17, 15) is 9.59 Å². The van der Waals surface area contributed by atoms with Crippen LogP contribution < -0.4 is 5.32 Å². The highest BCUT2D eigenvalue weighted by molar-refractivity contribution is 5.95. The van der Waals surface area contributed by atoms with Crippen molar-refractivity contribution in [3.8, 4) is 0 Å². The van der Waals surface area contributed by atoms with Gasteiger partial charge in [-0.2, -0.15) is 0 Å². The third kappa shape index (κ3) is 3.71. The first-order valence-corrected chi connectivity index (χ1v) is 8.31. The Balaban J connectivity index is 1.61. The summed E-state index contributed by atoms with van der Waals surface area (Å²) in [5.74, 6) is -0.00751. The number of nitrogens with zero attached hydrogens (tertiary/aromatic N) is 3. The van der Waals surface area contributed by atoms with Crippen LogP contribution in [0.3, 0.4) is 0 Å². The third-order valence-electron chi connectivity index (χ3n) is 4.22. The second kappa shape index (κ2) is 7.40. The second-order valence-corrected chi connectivity index (χ2v) is 5.91. The Kier molecular flexibility index (Phi) is 5.05. The standard InChI is InChI=1S/C18H22N4O2/c1-2-19-17(23)13-21-9-11-22(12-10-21)18(24)16-8-7-14-5-3-4-6-15(14)20-16/h3-8H,2,9-13H2,1H3,(H,19,23). The summed E-state index contributed by atoms with van der Waals surface area (Å²) in [4.78, 5) is 32.6. The maximum Gasteiger partial charge on any atom is 0.272 e. The van der Waals surface area contributed by atoms with E-state index in [-0.39, 0.29) is 11.8 Å². The minimum atomic E-state index is -0.0431. The number of nitrogens with one attached hydrogen (secondary N) is 1. The first-order valence-electron chi connectivity index (χ1n) is 8.31. The van der Waals surface area contributed by atoms with E-state index in [1.807, 2.05) is 42.2 Å². The van der Waals surface area contributed by atoms with Crippen LogP contribution in [-0.2, 0) is 4.79 Å². The van der Waals surface area contributed by atoms with Crippen molar-refractivity contribution >= 4 is 22.7 Å². The molecule has 0 spiro atoms. The fourth-order valence-corrected chi connectivity index (χ4v) is 2.91. The van der Waals surface area contributed by atoms with Gasteiger partial charge in [-0.05, 0) is 19.1 Å². The van der Waals surface area contributed by atoms with Crippen LogP contribution in [0.2, 0.25) is 0 Å². The molecule has 1 fully saturated rings. The van der Waals surface area contributed by atoms with Crippen molar-refractivity contribution in [2.75, 3.05) is 39.3 Å². The monoisotopic (exact) mass is 326 g/mol. The highest BCUT2D eigenvalue weighted by Gasteiger charge is 2.24. The van der Waals surface area contributed by atoms with Gasteiger partial charge in [0.1, 0.15) is 5.69 Å². The number of rotatable bonds is 4. The molecule has 0 atom stereocenters. The molecular weight excluding hydrogens is 304 g/mol. The summed E-state index contributed by atoms with van der Waals surface area (Å²) in [7, 11) is 0. The van der Waals surface area contributed by atoms with E-state index in [1.54, 1.807) is 6.07 Å². The molecule has 24 heavy (non-hydrogen) atoms. The van der Waals surface area contributed by atoms with Crippen molar-refractivity contribution in [1.29, 1.82) is 0 Å². The number of amides is 2. The molecule has 2 aromatic rings. The molecule has 6 nitrogen and oxygen atoms in total. The molecule has 0 bridgehead atoms. The molecule has 1 aliphatic heterocycles. The molecule has 2 amide bonds. The largest absolute Gasteiger partial charge is 0.355 e. The van der Waals surface area contributed by atoms with Crippen LogP contribution in [0.5, 0.6) is 0 Å². The highest BCUT2D eigenvalue weighted by Crippen LogP contribution is 2.14. The first-order chi connectivity index (χ1) is 11.7. The average molecular weight is 326 g/mol. The third-order valence-corrected chi connectivity index (χ3v) is 4.22. The quantitative estimate of drug-likeness (QED) is 0.915. The van der Waals surface area contributed by atoms with Crippen molar-refractivity contribution in [2.24, 2.45) is 0 Å². The summed E-state index contributed by atoms with van der Waals surface area (Å²) in [5, 5.41) is 3.83. The fraction of sp³-hybridized carbons (Fsp3) is 0.389. The molecule has 1 aromatic carbocycles. The second-order valence-electron chi connectivity index (χ2n) is 5.91. The number of hydrogen-bond acceptors (Lipinski definition) is 4. The number of likely N-dealkylation sites (N-methyl/N-ethyl adjacent to an activating group) is 1. The van der Waals surface area contributed by atoms with E-state index in [0.29, 0.717) is 45.0 Å². The maximum absolute atomic E-state index is 12.6. The zero-order chi connectivity index (χ0) is 16.9. The Morgan fingerprint density at radius 3 is 2.58 bits per heavy atom. The molecule has 1 saturated heterocycles. The molecule has 0 aliphatic carbocycles. The molecule has 1 N–H and O–H groups in total. The van der Waals surface area contributed by atoms with E-state index in [4.69, 9.17) is 0 Å². The number of carbonyl (C=O) groups excluding carboxylic acids is 2. The molecule has 0 radical (unpaired) electrons. The summed E-state index contributed by atoms with van der Waals surface area (Å²) in [6.07, 6.45) is 0. The zero-order valence-corrected chi connectivity index (χ0v) is 13.9. The number of fused-ring (bicyclic) bond motifs is 1. The SMILES string of the molecule is CCNC(=O)CN1CCN(C(=O)c2ccc3ccccc3n2)CC1. The lowest BCUT2D eigenvalue weighted by Crippen LogP contribution is -2.51. The number of hydrogen-bond donors (Lipinski definition) is 1. The van der Waals surface area contributed by atoms with Crippen molar-refractivity contribution < 1.29 is 9.59 Å². The Hall–Kier alpha value is -2.47. The summed E-state index contributed by atoms with van der Waals surface area (Å²) >= 11 is 0. The number of piperazine rings is 1. The Morgan fingerprint density at radius 2 is 1.83 bits per heavy atom. The van der Waals surface area contributed by atoms with Crippen LogP contribution in [0.15, 0.2) is 36.4 Å². The van der Waals surface area contributed by atoms with Crippen LogP contribution in [0.4, 0.5) is 0 Å². The number of aromatic nitrogens is 1. The lowest BCUT2D eigenvalue weighted by Gasteiger charge is -2.34. The first kappa shape index (κ1) is 16.4. The lowest BCUT2D eigenvalue weighted by atomic mass is 10.2. The topological polar surface area (TPSA) is 65.5 Å².